The van der Waals surface area contributed by atoms with Crippen LogP contribution in [0.2, 0.25) is 5.04 Å². The Morgan fingerprint density at radius 1 is 0.824 bits per heavy atom. The lowest BCUT2D eigenvalue weighted by molar-refractivity contribution is -0.152. The van der Waals surface area contributed by atoms with Gasteiger partial charge in [-0.3, -0.25) is 0 Å². The van der Waals surface area contributed by atoms with E-state index in [1.807, 2.05) is 26.0 Å². The first-order valence-electron chi connectivity index (χ1n) is 12.0. The van der Waals surface area contributed by atoms with E-state index in [-0.39, 0.29) is 23.4 Å². The van der Waals surface area contributed by atoms with E-state index in [4.69, 9.17) is 13.9 Å². The van der Waals surface area contributed by atoms with Crippen molar-refractivity contribution in [3.63, 3.8) is 0 Å². The summed E-state index contributed by atoms with van der Waals surface area (Å²) in [7, 11) is -2.82. The van der Waals surface area contributed by atoms with Gasteiger partial charge < -0.3 is 13.9 Å². The quantitative estimate of drug-likeness (QED) is 0.311. The predicted molar refractivity (Wildman–Crippen MR) is 142 cm³/mol. The first-order valence-corrected chi connectivity index (χ1v) is 13.9. The van der Waals surface area contributed by atoms with E-state index in [1.165, 1.54) is 10.4 Å². The first-order chi connectivity index (χ1) is 16.2. The molecule has 3 atom stereocenters. The monoisotopic (exact) mass is 472 g/mol. The van der Waals surface area contributed by atoms with Crippen LogP contribution in [-0.4, -0.2) is 26.3 Å². The van der Waals surface area contributed by atoms with Crippen LogP contribution in [0.5, 0.6) is 0 Å². The molecule has 0 aromatic heterocycles. The van der Waals surface area contributed by atoms with Crippen LogP contribution in [0.3, 0.4) is 0 Å². The van der Waals surface area contributed by atoms with Crippen molar-refractivity contribution in [1.82, 2.24) is 0 Å². The van der Waals surface area contributed by atoms with Gasteiger partial charge in [-0.1, -0.05) is 118 Å². The molecule has 0 spiro atoms. The third kappa shape index (κ3) is 4.69. The van der Waals surface area contributed by atoms with Crippen LogP contribution < -0.4 is 10.4 Å². The molecule has 0 aliphatic carbocycles. The van der Waals surface area contributed by atoms with Gasteiger partial charge in [0.25, 0.3) is 8.32 Å². The molecule has 4 rings (SSSR count). The molecule has 178 valence electrons. The van der Waals surface area contributed by atoms with Gasteiger partial charge >= 0.3 is 0 Å². The van der Waals surface area contributed by atoms with Crippen LogP contribution in [0, 0.1) is 0 Å². The number of rotatable bonds is 7. The number of benzene rings is 3. The zero-order chi connectivity index (χ0) is 24.4. The summed E-state index contributed by atoms with van der Waals surface area (Å²) in [4.78, 5) is 0. The molecule has 1 heterocycles. The predicted octanol–water partition coefficient (Wildman–Crippen LogP) is 6.01. The molecule has 3 aromatic rings. The Hall–Kier alpha value is -2.50. The lowest BCUT2D eigenvalue weighted by atomic mass is 10.0. The number of ether oxygens (including phenoxy) is 2. The molecule has 1 aliphatic rings. The molecule has 0 bridgehead atoms. The third-order valence-corrected chi connectivity index (χ3v) is 11.6. The van der Waals surface area contributed by atoms with E-state index in [0.29, 0.717) is 0 Å². The normalized spacial score (nSPS) is 21.2. The summed E-state index contributed by atoms with van der Waals surface area (Å²) in [6, 6.07) is 31.8. The standard InChI is InChI=1S/C30H36O3Si/c1-7-26-28(32-30(5,6)31-26)27(23-17-11-8-12-18-23)33-34(29(2,3)4,24-19-13-9-14-20-24)25-21-15-10-16-22-25/h7-22,26-28H,1H2,2-6H3/t26-,27-,28+/m1/s1. The maximum atomic E-state index is 7.56. The molecule has 0 N–H and O–H groups in total. The molecule has 1 aliphatic heterocycles. The molecular formula is C30H36O3Si. The summed E-state index contributed by atoms with van der Waals surface area (Å²) in [5.74, 6) is -0.717. The zero-order valence-corrected chi connectivity index (χ0v) is 21.9. The summed E-state index contributed by atoms with van der Waals surface area (Å²) >= 11 is 0. The van der Waals surface area contributed by atoms with E-state index >= 15 is 0 Å². The Bertz CT molecular complexity index is 1030. The highest BCUT2D eigenvalue weighted by Gasteiger charge is 2.54. The van der Waals surface area contributed by atoms with Crippen LogP contribution >= 0.6 is 0 Å². The fraction of sp³-hybridized carbons (Fsp3) is 0.333. The zero-order valence-electron chi connectivity index (χ0n) is 20.9. The van der Waals surface area contributed by atoms with Crippen LogP contribution in [-0.2, 0) is 13.9 Å². The van der Waals surface area contributed by atoms with Gasteiger partial charge in [0.2, 0.25) is 0 Å². The van der Waals surface area contributed by atoms with E-state index < -0.39 is 14.1 Å². The second-order valence-corrected chi connectivity index (χ2v) is 14.7. The van der Waals surface area contributed by atoms with Crippen molar-refractivity contribution in [2.24, 2.45) is 0 Å². The van der Waals surface area contributed by atoms with E-state index in [9.17, 15) is 0 Å². The molecule has 3 nitrogen and oxygen atoms in total. The molecule has 0 unspecified atom stereocenters. The van der Waals surface area contributed by atoms with Crippen molar-refractivity contribution in [2.45, 2.75) is 63.8 Å². The lowest BCUT2D eigenvalue weighted by Gasteiger charge is -2.46. The summed E-state index contributed by atoms with van der Waals surface area (Å²) in [5.41, 5.74) is 1.08. The number of hydrogen-bond acceptors (Lipinski definition) is 3. The van der Waals surface area contributed by atoms with Crippen molar-refractivity contribution < 1.29 is 13.9 Å². The van der Waals surface area contributed by atoms with Crippen molar-refractivity contribution in [1.29, 1.82) is 0 Å². The summed E-state index contributed by atoms with van der Waals surface area (Å²) in [6.07, 6.45) is 0.900. The summed E-state index contributed by atoms with van der Waals surface area (Å²) in [6.45, 7) is 14.8. The van der Waals surface area contributed by atoms with Crippen LogP contribution in [0.4, 0.5) is 0 Å². The smallest absolute Gasteiger partial charge is 0.262 e. The van der Waals surface area contributed by atoms with Gasteiger partial charge in [-0.2, -0.15) is 0 Å². The minimum atomic E-state index is -2.82. The van der Waals surface area contributed by atoms with Crippen LogP contribution in [0.25, 0.3) is 0 Å². The third-order valence-electron chi connectivity index (χ3n) is 6.54. The fourth-order valence-electron chi connectivity index (χ4n) is 5.08. The lowest BCUT2D eigenvalue weighted by Crippen LogP contribution is -2.67. The minimum Gasteiger partial charge on any atom is -0.398 e. The maximum absolute atomic E-state index is 7.56. The Morgan fingerprint density at radius 3 is 1.74 bits per heavy atom. The summed E-state index contributed by atoms with van der Waals surface area (Å²) in [5, 5.41) is 2.33. The minimum absolute atomic E-state index is 0.151. The van der Waals surface area contributed by atoms with Crippen molar-refractivity contribution in [3.8, 4) is 0 Å². The molecular weight excluding hydrogens is 436 g/mol. The Balaban J connectivity index is 1.94. The average Bonchev–Trinajstić information content (AvgIpc) is 3.15. The van der Waals surface area contributed by atoms with Gasteiger partial charge in [0.15, 0.2) is 5.79 Å². The first kappa shape index (κ1) is 24.6. The van der Waals surface area contributed by atoms with Crippen molar-refractivity contribution in [2.75, 3.05) is 0 Å². The molecule has 3 aromatic carbocycles. The molecule has 1 saturated heterocycles. The van der Waals surface area contributed by atoms with Crippen LogP contribution in [0.15, 0.2) is 104 Å². The van der Waals surface area contributed by atoms with E-state index in [0.717, 1.165) is 5.56 Å². The SMILES string of the molecule is C=C[C@H]1OC(C)(C)O[C@@H]1[C@H](O[Si](c1ccccc1)(c1ccccc1)C(C)(C)C)c1ccccc1. The van der Waals surface area contributed by atoms with Gasteiger partial charge in [0.1, 0.15) is 18.3 Å². The van der Waals surface area contributed by atoms with Crippen molar-refractivity contribution in [3.05, 3.63) is 109 Å². The van der Waals surface area contributed by atoms with Gasteiger partial charge in [-0.15, -0.1) is 6.58 Å². The highest BCUT2D eigenvalue weighted by molar-refractivity contribution is 6.99. The van der Waals surface area contributed by atoms with Gasteiger partial charge in [0, 0.05) is 0 Å². The Labute approximate surface area is 205 Å². The summed E-state index contributed by atoms with van der Waals surface area (Å²) < 4.78 is 20.3. The van der Waals surface area contributed by atoms with E-state index in [2.05, 4.69) is 112 Å². The van der Waals surface area contributed by atoms with E-state index in [1.54, 1.807) is 0 Å². The highest BCUT2D eigenvalue weighted by atomic mass is 28.4. The largest absolute Gasteiger partial charge is 0.398 e. The van der Waals surface area contributed by atoms with Crippen molar-refractivity contribution >= 4 is 18.7 Å². The molecule has 1 fully saturated rings. The average molecular weight is 473 g/mol. The molecule has 0 amide bonds. The molecule has 0 radical (unpaired) electrons. The molecule has 34 heavy (non-hydrogen) atoms. The van der Waals surface area contributed by atoms with Gasteiger partial charge in [0.05, 0.1) is 0 Å². The van der Waals surface area contributed by atoms with Crippen LogP contribution in [0.1, 0.15) is 46.3 Å². The molecule has 0 saturated carbocycles. The Kier molecular flexibility index (Phi) is 6.97. The van der Waals surface area contributed by atoms with Gasteiger partial charge in [-0.25, -0.2) is 0 Å². The Morgan fingerprint density at radius 2 is 1.29 bits per heavy atom. The number of hydrogen-bond donors (Lipinski definition) is 0. The second kappa shape index (κ2) is 9.63. The van der Waals surface area contributed by atoms with Gasteiger partial charge in [-0.05, 0) is 34.8 Å². The fourth-order valence-corrected chi connectivity index (χ4v) is 9.75. The molecule has 4 heteroatoms. The highest BCUT2D eigenvalue weighted by Crippen LogP contribution is 2.44. The topological polar surface area (TPSA) is 27.7 Å². The second-order valence-electron chi connectivity index (χ2n) is 10.4. The maximum Gasteiger partial charge on any atom is 0.262 e.